The average Bonchev–Trinajstić information content (AvgIpc) is 3.07. The maximum Gasteiger partial charge on any atom is 0.351 e. The van der Waals surface area contributed by atoms with Crippen LogP contribution in [0, 0.1) is 0 Å². The molecule has 2 rings (SSSR count). The van der Waals surface area contributed by atoms with E-state index in [4.69, 9.17) is 11.6 Å². The van der Waals surface area contributed by atoms with Crippen LogP contribution in [0.2, 0.25) is 5.15 Å². The minimum Gasteiger partial charge on any atom is -0.465 e. The van der Waals surface area contributed by atoms with E-state index in [1.165, 1.54) is 44.1 Å². The topological polar surface area (TPSA) is 54.5 Å². The van der Waals surface area contributed by atoms with E-state index in [0.717, 1.165) is 13.1 Å². The second-order valence-corrected chi connectivity index (χ2v) is 6.33. The van der Waals surface area contributed by atoms with Gasteiger partial charge in [0.05, 0.1) is 7.11 Å². The van der Waals surface area contributed by atoms with Gasteiger partial charge in [0, 0.05) is 19.1 Å². The highest BCUT2D eigenvalue weighted by Gasteiger charge is 2.20. The Kier molecular flexibility index (Phi) is 5.63. The number of halogens is 1. The molecule has 20 heavy (non-hydrogen) atoms. The van der Waals surface area contributed by atoms with Gasteiger partial charge in [-0.05, 0) is 19.9 Å². The van der Waals surface area contributed by atoms with E-state index in [1.807, 2.05) is 0 Å². The van der Waals surface area contributed by atoms with Crippen LogP contribution >= 0.6 is 22.9 Å². The fourth-order valence-corrected chi connectivity index (χ4v) is 3.59. The molecule has 0 saturated heterocycles. The molecule has 112 valence electrons. The molecule has 0 bridgehead atoms. The molecule has 0 aliphatic heterocycles. The van der Waals surface area contributed by atoms with Crippen LogP contribution in [0.25, 0.3) is 0 Å². The number of rotatable bonds is 6. The molecule has 1 fully saturated rings. The molecule has 0 atom stereocenters. The van der Waals surface area contributed by atoms with Crippen molar-refractivity contribution >= 4 is 34.0 Å². The summed E-state index contributed by atoms with van der Waals surface area (Å²) in [5, 5.41) is 4.08. The van der Waals surface area contributed by atoms with Gasteiger partial charge in [0.25, 0.3) is 0 Å². The smallest absolute Gasteiger partial charge is 0.351 e. The van der Waals surface area contributed by atoms with Crippen LogP contribution in [-0.2, 0) is 4.74 Å². The molecule has 5 nitrogen and oxygen atoms in total. The average molecular weight is 318 g/mol. The highest BCUT2D eigenvalue weighted by atomic mass is 35.5. The molecule has 0 amide bonds. The molecule has 1 aliphatic carbocycles. The normalized spacial score (nSPS) is 15.8. The van der Waals surface area contributed by atoms with Crippen molar-refractivity contribution in [3.8, 4) is 0 Å². The summed E-state index contributed by atoms with van der Waals surface area (Å²) in [6.07, 6.45) is 5.28. The fourth-order valence-electron chi connectivity index (χ4n) is 2.46. The summed E-state index contributed by atoms with van der Waals surface area (Å²) in [5.41, 5.74) is 0. The number of thiazole rings is 1. The van der Waals surface area contributed by atoms with Crippen molar-refractivity contribution in [2.45, 2.75) is 31.7 Å². The Labute approximate surface area is 128 Å². The van der Waals surface area contributed by atoms with Gasteiger partial charge in [-0.3, -0.25) is 0 Å². The largest absolute Gasteiger partial charge is 0.465 e. The summed E-state index contributed by atoms with van der Waals surface area (Å²) in [6, 6.07) is 0.710. The number of hydrogen-bond donors (Lipinski definition) is 1. The molecular weight excluding hydrogens is 298 g/mol. The Hall–Kier alpha value is -0.850. The lowest BCUT2D eigenvalue weighted by molar-refractivity contribution is 0.0606. The summed E-state index contributed by atoms with van der Waals surface area (Å²) in [4.78, 5) is 18.3. The summed E-state index contributed by atoms with van der Waals surface area (Å²) in [5.74, 6) is -0.441. The lowest BCUT2D eigenvalue weighted by Crippen LogP contribution is -2.33. The van der Waals surface area contributed by atoms with E-state index in [-0.39, 0.29) is 5.15 Å². The monoisotopic (exact) mass is 317 g/mol. The Morgan fingerprint density at radius 2 is 2.25 bits per heavy atom. The zero-order valence-electron chi connectivity index (χ0n) is 11.8. The minimum absolute atomic E-state index is 0.202. The fraction of sp³-hybridized carbons (Fsp3) is 0.692. The zero-order valence-corrected chi connectivity index (χ0v) is 13.4. The Morgan fingerprint density at radius 3 is 2.90 bits per heavy atom. The van der Waals surface area contributed by atoms with Crippen LogP contribution in [0.1, 0.15) is 35.4 Å². The van der Waals surface area contributed by atoms with Gasteiger partial charge in [-0.2, -0.15) is 0 Å². The van der Waals surface area contributed by atoms with E-state index in [0.29, 0.717) is 16.1 Å². The second kappa shape index (κ2) is 7.24. The summed E-state index contributed by atoms with van der Waals surface area (Å²) < 4.78 is 4.65. The first kappa shape index (κ1) is 15.5. The number of hydrogen-bond acceptors (Lipinski definition) is 6. The van der Waals surface area contributed by atoms with E-state index >= 15 is 0 Å². The number of esters is 1. The summed E-state index contributed by atoms with van der Waals surface area (Å²) in [7, 11) is 3.49. The third-order valence-electron chi connectivity index (χ3n) is 3.65. The van der Waals surface area contributed by atoms with Gasteiger partial charge in [0.2, 0.25) is 0 Å². The van der Waals surface area contributed by atoms with Crippen molar-refractivity contribution in [3.63, 3.8) is 0 Å². The van der Waals surface area contributed by atoms with Crippen LogP contribution < -0.4 is 5.32 Å². The number of likely N-dealkylation sites (N-methyl/N-ethyl adjacent to an activating group) is 1. The van der Waals surface area contributed by atoms with Gasteiger partial charge in [-0.25, -0.2) is 9.78 Å². The van der Waals surface area contributed by atoms with Crippen molar-refractivity contribution in [1.29, 1.82) is 0 Å². The Morgan fingerprint density at radius 1 is 1.55 bits per heavy atom. The highest BCUT2D eigenvalue weighted by molar-refractivity contribution is 7.18. The minimum atomic E-state index is -0.441. The van der Waals surface area contributed by atoms with Crippen molar-refractivity contribution in [2.24, 2.45) is 0 Å². The number of carbonyl (C=O) groups excluding carboxylic acids is 1. The standard InChI is InChI=1S/C13H20ClN3O2S/c1-17(9-5-3-4-6-9)8-7-15-13-16-11(14)10(20-13)12(18)19-2/h9H,3-8H2,1-2H3,(H,15,16). The molecule has 0 spiro atoms. The first-order valence-corrected chi connectivity index (χ1v) is 8.00. The van der Waals surface area contributed by atoms with Crippen LogP contribution in [0.5, 0.6) is 0 Å². The molecule has 0 radical (unpaired) electrons. The van der Waals surface area contributed by atoms with E-state index in [2.05, 4.69) is 27.0 Å². The van der Waals surface area contributed by atoms with E-state index in [1.54, 1.807) is 0 Å². The molecule has 1 aliphatic rings. The molecule has 1 saturated carbocycles. The highest BCUT2D eigenvalue weighted by Crippen LogP contribution is 2.27. The van der Waals surface area contributed by atoms with Gasteiger partial charge >= 0.3 is 5.97 Å². The van der Waals surface area contributed by atoms with Crippen molar-refractivity contribution in [2.75, 3.05) is 32.6 Å². The third-order valence-corrected chi connectivity index (χ3v) is 5.02. The number of aromatic nitrogens is 1. The molecular formula is C13H20ClN3O2S. The molecule has 0 aromatic carbocycles. The first-order chi connectivity index (χ1) is 9.61. The molecule has 1 aromatic rings. The number of carbonyl (C=O) groups is 1. The number of nitrogens with zero attached hydrogens (tertiary/aromatic N) is 2. The van der Waals surface area contributed by atoms with Gasteiger partial charge in [-0.1, -0.05) is 35.8 Å². The predicted molar refractivity (Wildman–Crippen MR) is 81.8 cm³/mol. The quantitative estimate of drug-likeness (QED) is 0.818. The summed E-state index contributed by atoms with van der Waals surface area (Å²) >= 11 is 7.14. The van der Waals surface area contributed by atoms with Gasteiger partial charge < -0.3 is 15.0 Å². The Bertz CT molecular complexity index is 460. The third kappa shape index (κ3) is 3.84. The van der Waals surface area contributed by atoms with Crippen LogP contribution in [0.4, 0.5) is 5.13 Å². The first-order valence-electron chi connectivity index (χ1n) is 6.80. The van der Waals surface area contributed by atoms with Crippen molar-refractivity contribution in [1.82, 2.24) is 9.88 Å². The molecule has 1 aromatic heterocycles. The second-order valence-electron chi connectivity index (χ2n) is 4.98. The molecule has 1 heterocycles. The maximum atomic E-state index is 11.4. The molecule has 1 N–H and O–H groups in total. The molecule has 7 heteroatoms. The Balaban J connectivity index is 1.80. The number of methoxy groups -OCH3 is 1. The van der Waals surface area contributed by atoms with Gasteiger partial charge in [0.1, 0.15) is 0 Å². The van der Waals surface area contributed by atoms with Crippen LogP contribution in [0.3, 0.4) is 0 Å². The number of ether oxygens (including phenoxy) is 1. The predicted octanol–water partition coefficient (Wildman–Crippen LogP) is 2.87. The number of anilines is 1. The van der Waals surface area contributed by atoms with Crippen LogP contribution in [-0.4, -0.2) is 49.1 Å². The van der Waals surface area contributed by atoms with Crippen molar-refractivity contribution in [3.05, 3.63) is 10.0 Å². The number of nitrogens with one attached hydrogen (secondary N) is 1. The zero-order chi connectivity index (χ0) is 14.5. The van der Waals surface area contributed by atoms with Crippen molar-refractivity contribution < 1.29 is 9.53 Å². The van der Waals surface area contributed by atoms with Gasteiger partial charge in [-0.15, -0.1) is 0 Å². The SMILES string of the molecule is COC(=O)c1sc(NCCN(C)C2CCCC2)nc1Cl. The van der Waals surface area contributed by atoms with Gasteiger partial charge in [0.15, 0.2) is 15.2 Å². The molecule has 0 unspecified atom stereocenters. The van der Waals surface area contributed by atoms with E-state index < -0.39 is 5.97 Å². The summed E-state index contributed by atoms with van der Waals surface area (Å²) in [6.45, 7) is 1.74. The van der Waals surface area contributed by atoms with E-state index in [9.17, 15) is 4.79 Å². The maximum absolute atomic E-state index is 11.4. The lowest BCUT2D eigenvalue weighted by atomic mass is 10.2. The lowest BCUT2D eigenvalue weighted by Gasteiger charge is -2.23. The van der Waals surface area contributed by atoms with Crippen LogP contribution in [0.15, 0.2) is 0 Å².